The maximum atomic E-state index is 12.2. The molecular formula is C14H23NO3S2. The second-order valence-corrected chi connectivity index (χ2v) is 8.04. The maximum absolute atomic E-state index is 12.2. The lowest BCUT2D eigenvalue weighted by molar-refractivity contribution is 0.0996. The molecule has 0 saturated heterocycles. The summed E-state index contributed by atoms with van der Waals surface area (Å²) >= 11 is 1.55. The highest BCUT2D eigenvalue weighted by molar-refractivity contribution is 7.98. The summed E-state index contributed by atoms with van der Waals surface area (Å²) in [7, 11) is -3.27. The van der Waals surface area contributed by atoms with Crippen LogP contribution in [0.4, 0.5) is 5.69 Å². The third-order valence-electron chi connectivity index (χ3n) is 2.81. The Morgan fingerprint density at radius 3 is 2.60 bits per heavy atom. The van der Waals surface area contributed by atoms with E-state index in [0.717, 1.165) is 0 Å². The SMILES string of the molecule is CCCS(=O)(=O)c1ccccc1NCC(C)(O)CSC. The van der Waals surface area contributed by atoms with Gasteiger partial charge in [0.1, 0.15) is 0 Å². The number of rotatable bonds is 8. The normalized spacial score (nSPS) is 14.8. The number of anilines is 1. The smallest absolute Gasteiger partial charge is 0.180 e. The molecule has 0 fully saturated rings. The van der Waals surface area contributed by atoms with E-state index in [2.05, 4.69) is 5.32 Å². The van der Waals surface area contributed by atoms with Gasteiger partial charge in [0, 0.05) is 12.3 Å². The van der Waals surface area contributed by atoms with Crippen LogP contribution in [0.15, 0.2) is 29.2 Å². The zero-order chi connectivity index (χ0) is 15.2. The van der Waals surface area contributed by atoms with Crippen molar-refractivity contribution in [2.45, 2.75) is 30.8 Å². The van der Waals surface area contributed by atoms with Crippen molar-refractivity contribution in [1.29, 1.82) is 0 Å². The van der Waals surface area contributed by atoms with Gasteiger partial charge in [-0.05, 0) is 31.7 Å². The van der Waals surface area contributed by atoms with Crippen molar-refractivity contribution in [1.82, 2.24) is 0 Å². The first-order chi connectivity index (χ1) is 9.32. The third kappa shape index (κ3) is 5.00. The highest BCUT2D eigenvalue weighted by Crippen LogP contribution is 2.23. The van der Waals surface area contributed by atoms with Gasteiger partial charge in [0.15, 0.2) is 9.84 Å². The fourth-order valence-electron chi connectivity index (χ4n) is 1.91. The molecule has 6 heteroatoms. The molecule has 0 amide bonds. The van der Waals surface area contributed by atoms with E-state index >= 15 is 0 Å². The fraction of sp³-hybridized carbons (Fsp3) is 0.571. The van der Waals surface area contributed by atoms with Gasteiger partial charge in [0.2, 0.25) is 0 Å². The average Bonchev–Trinajstić information content (AvgIpc) is 2.37. The van der Waals surface area contributed by atoms with E-state index in [0.29, 0.717) is 29.3 Å². The van der Waals surface area contributed by atoms with Crippen molar-refractivity contribution >= 4 is 27.3 Å². The van der Waals surface area contributed by atoms with E-state index in [1.807, 2.05) is 13.2 Å². The lowest BCUT2D eigenvalue weighted by Crippen LogP contribution is -2.36. The number of aliphatic hydroxyl groups is 1. The van der Waals surface area contributed by atoms with Gasteiger partial charge in [-0.25, -0.2) is 8.42 Å². The van der Waals surface area contributed by atoms with Crippen LogP contribution in [0.5, 0.6) is 0 Å². The zero-order valence-corrected chi connectivity index (χ0v) is 13.9. The van der Waals surface area contributed by atoms with E-state index in [-0.39, 0.29) is 5.75 Å². The predicted octanol–water partition coefficient (Wildman–Crippen LogP) is 2.40. The van der Waals surface area contributed by atoms with Crippen molar-refractivity contribution in [3.63, 3.8) is 0 Å². The summed E-state index contributed by atoms with van der Waals surface area (Å²) < 4.78 is 24.4. The molecule has 1 rings (SSSR count). The summed E-state index contributed by atoms with van der Waals surface area (Å²) in [6.45, 7) is 3.89. The van der Waals surface area contributed by atoms with Crippen LogP contribution in [0, 0.1) is 0 Å². The molecule has 0 saturated carbocycles. The molecule has 0 spiro atoms. The topological polar surface area (TPSA) is 66.4 Å². The van der Waals surface area contributed by atoms with Crippen LogP contribution < -0.4 is 5.32 Å². The molecule has 0 bridgehead atoms. The van der Waals surface area contributed by atoms with Crippen LogP contribution in [0.2, 0.25) is 0 Å². The number of benzene rings is 1. The standard InChI is InChI=1S/C14H23NO3S2/c1-4-9-20(17,18)13-8-6-5-7-12(13)15-10-14(2,16)11-19-3/h5-8,15-16H,4,9-11H2,1-3H3. The molecule has 0 aliphatic rings. The number of hydrogen-bond acceptors (Lipinski definition) is 5. The Kier molecular flexibility index (Phi) is 6.36. The van der Waals surface area contributed by atoms with Crippen LogP contribution >= 0.6 is 11.8 Å². The molecule has 1 atom stereocenters. The van der Waals surface area contributed by atoms with Gasteiger partial charge >= 0.3 is 0 Å². The maximum Gasteiger partial charge on any atom is 0.180 e. The quantitative estimate of drug-likeness (QED) is 0.771. The Hall–Kier alpha value is -0.720. The third-order valence-corrected chi connectivity index (χ3v) is 5.69. The summed E-state index contributed by atoms with van der Waals surface area (Å²) in [5, 5.41) is 13.2. The van der Waals surface area contributed by atoms with Gasteiger partial charge in [0.05, 0.1) is 21.9 Å². The van der Waals surface area contributed by atoms with Crippen LogP contribution in [0.25, 0.3) is 0 Å². The molecule has 1 aromatic carbocycles. The molecular weight excluding hydrogens is 294 g/mol. The molecule has 1 aromatic rings. The number of hydrogen-bond donors (Lipinski definition) is 2. The van der Waals surface area contributed by atoms with Crippen molar-refractivity contribution in [2.75, 3.05) is 29.6 Å². The molecule has 0 aliphatic carbocycles. The Balaban J connectivity index is 2.92. The number of nitrogens with one attached hydrogen (secondary N) is 1. The zero-order valence-electron chi connectivity index (χ0n) is 12.2. The average molecular weight is 317 g/mol. The van der Waals surface area contributed by atoms with Crippen LogP contribution in [0.3, 0.4) is 0 Å². The first-order valence-electron chi connectivity index (χ1n) is 6.59. The van der Waals surface area contributed by atoms with Crippen molar-refractivity contribution < 1.29 is 13.5 Å². The predicted molar refractivity (Wildman–Crippen MR) is 86.3 cm³/mol. The van der Waals surface area contributed by atoms with Gasteiger partial charge < -0.3 is 10.4 Å². The molecule has 4 nitrogen and oxygen atoms in total. The molecule has 0 aliphatic heterocycles. The van der Waals surface area contributed by atoms with Gasteiger partial charge in [-0.2, -0.15) is 11.8 Å². The van der Waals surface area contributed by atoms with Gasteiger partial charge in [-0.1, -0.05) is 19.1 Å². The lowest BCUT2D eigenvalue weighted by Gasteiger charge is -2.24. The highest BCUT2D eigenvalue weighted by atomic mass is 32.2. The number of thioether (sulfide) groups is 1. The van der Waals surface area contributed by atoms with Crippen molar-refractivity contribution in [2.24, 2.45) is 0 Å². The van der Waals surface area contributed by atoms with Gasteiger partial charge in [-0.3, -0.25) is 0 Å². The first kappa shape index (κ1) is 17.3. The molecule has 20 heavy (non-hydrogen) atoms. The highest BCUT2D eigenvalue weighted by Gasteiger charge is 2.22. The summed E-state index contributed by atoms with van der Waals surface area (Å²) in [6, 6.07) is 6.85. The van der Waals surface area contributed by atoms with E-state index in [1.54, 1.807) is 43.0 Å². The summed E-state index contributed by atoms with van der Waals surface area (Å²) in [6.07, 6.45) is 2.51. The fourth-order valence-corrected chi connectivity index (χ4v) is 4.15. The Bertz CT molecular complexity index is 527. The van der Waals surface area contributed by atoms with Crippen molar-refractivity contribution in [3.05, 3.63) is 24.3 Å². The molecule has 1 unspecified atom stereocenters. The minimum atomic E-state index is -3.27. The summed E-state index contributed by atoms with van der Waals surface area (Å²) in [4.78, 5) is 0.307. The van der Waals surface area contributed by atoms with Gasteiger partial charge in [0.25, 0.3) is 0 Å². The Morgan fingerprint density at radius 2 is 2.00 bits per heavy atom. The Labute approximate surface area is 125 Å². The number of para-hydroxylation sites is 1. The molecule has 0 heterocycles. The monoisotopic (exact) mass is 317 g/mol. The Morgan fingerprint density at radius 1 is 1.35 bits per heavy atom. The largest absolute Gasteiger partial charge is 0.387 e. The molecule has 0 radical (unpaired) electrons. The molecule has 2 N–H and O–H groups in total. The van der Waals surface area contributed by atoms with Crippen LogP contribution in [0.1, 0.15) is 20.3 Å². The van der Waals surface area contributed by atoms with E-state index in [9.17, 15) is 13.5 Å². The van der Waals surface area contributed by atoms with E-state index < -0.39 is 15.4 Å². The van der Waals surface area contributed by atoms with Gasteiger partial charge in [-0.15, -0.1) is 0 Å². The van der Waals surface area contributed by atoms with E-state index in [1.165, 1.54) is 0 Å². The molecule has 0 aromatic heterocycles. The van der Waals surface area contributed by atoms with E-state index in [4.69, 9.17) is 0 Å². The molecule has 114 valence electrons. The second kappa shape index (κ2) is 7.33. The van der Waals surface area contributed by atoms with Crippen LogP contribution in [-0.2, 0) is 9.84 Å². The van der Waals surface area contributed by atoms with Crippen molar-refractivity contribution in [3.8, 4) is 0 Å². The summed E-state index contributed by atoms with van der Waals surface area (Å²) in [5.41, 5.74) is -0.316. The first-order valence-corrected chi connectivity index (χ1v) is 9.64. The minimum absolute atomic E-state index is 0.132. The summed E-state index contributed by atoms with van der Waals surface area (Å²) in [5.74, 6) is 0.719. The second-order valence-electron chi connectivity index (χ2n) is 5.10. The van der Waals surface area contributed by atoms with Crippen LogP contribution in [-0.4, -0.2) is 43.4 Å². The lowest BCUT2D eigenvalue weighted by atomic mass is 10.1. The minimum Gasteiger partial charge on any atom is -0.387 e. The number of sulfone groups is 1.